The Morgan fingerprint density at radius 1 is 1.17 bits per heavy atom. The number of phenols is 1. The van der Waals surface area contributed by atoms with Crippen molar-refractivity contribution in [3.8, 4) is 34.1 Å². The predicted octanol–water partition coefficient (Wildman–Crippen LogP) is 2.54. The van der Waals surface area contributed by atoms with Crippen molar-refractivity contribution in [1.82, 2.24) is 5.32 Å². The largest absolute Gasteiger partial charge is 0.507 e. The molecule has 0 fully saturated rings. The van der Waals surface area contributed by atoms with Crippen molar-refractivity contribution in [2.75, 3.05) is 20.4 Å². The maximum absolute atomic E-state index is 10.6. The molecule has 5 heteroatoms. The van der Waals surface area contributed by atoms with Gasteiger partial charge in [0, 0.05) is 23.2 Å². The second kappa shape index (κ2) is 4.55. The highest BCUT2D eigenvalue weighted by Crippen LogP contribution is 2.55. The van der Waals surface area contributed by atoms with Crippen molar-refractivity contribution >= 4 is 0 Å². The van der Waals surface area contributed by atoms with E-state index in [9.17, 15) is 5.11 Å². The normalized spacial score (nSPS) is 20.0. The molecule has 1 aliphatic carbocycles. The minimum absolute atomic E-state index is 0.231. The van der Waals surface area contributed by atoms with Crippen LogP contribution in [-0.2, 0) is 12.8 Å². The number of methoxy groups -OCH3 is 1. The number of hydrogen-bond donors (Lipinski definition) is 2. The topological polar surface area (TPSA) is 60.0 Å². The second-order valence-electron chi connectivity index (χ2n) is 6.20. The molecule has 0 saturated heterocycles. The summed E-state index contributed by atoms with van der Waals surface area (Å²) < 4.78 is 16.7. The zero-order valence-corrected chi connectivity index (χ0v) is 12.8. The number of phenolic OH excluding ortho intramolecular Hbond substituents is 1. The van der Waals surface area contributed by atoms with Crippen LogP contribution in [0.3, 0.4) is 0 Å². The lowest BCUT2D eigenvalue weighted by atomic mass is 9.77. The molecule has 23 heavy (non-hydrogen) atoms. The van der Waals surface area contributed by atoms with E-state index in [1.54, 1.807) is 13.2 Å². The van der Waals surface area contributed by atoms with E-state index in [4.69, 9.17) is 14.2 Å². The van der Waals surface area contributed by atoms with Gasteiger partial charge in [-0.1, -0.05) is 0 Å². The number of hydrogen-bond acceptors (Lipinski definition) is 5. The van der Waals surface area contributed by atoms with Gasteiger partial charge in [-0.3, -0.25) is 0 Å². The first-order chi connectivity index (χ1) is 11.3. The molecule has 0 unspecified atom stereocenters. The van der Waals surface area contributed by atoms with E-state index in [-0.39, 0.29) is 18.6 Å². The molecule has 5 rings (SSSR count). The van der Waals surface area contributed by atoms with Crippen LogP contribution in [0.2, 0.25) is 0 Å². The van der Waals surface area contributed by atoms with Gasteiger partial charge in [0.05, 0.1) is 7.11 Å². The van der Waals surface area contributed by atoms with E-state index in [0.717, 1.165) is 47.6 Å². The average Bonchev–Trinajstić information content (AvgIpc) is 3.02. The molecule has 2 N–H and O–H groups in total. The Balaban J connectivity index is 1.86. The first kappa shape index (κ1) is 13.1. The lowest BCUT2D eigenvalue weighted by Crippen LogP contribution is -2.33. The number of nitrogens with one attached hydrogen (secondary N) is 1. The molecule has 2 heterocycles. The van der Waals surface area contributed by atoms with Gasteiger partial charge in [0.1, 0.15) is 11.5 Å². The van der Waals surface area contributed by atoms with Gasteiger partial charge in [0.2, 0.25) is 6.79 Å². The van der Waals surface area contributed by atoms with Crippen molar-refractivity contribution in [2.45, 2.75) is 18.9 Å². The van der Waals surface area contributed by atoms with E-state index < -0.39 is 0 Å². The van der Waals surface area contributed by atoms with Gasteiger partial charge in [-0.15, -0.1) is 0 Å². The fourth-order valence-electron chi connectivity index (χ4n) is 4.06. The van der Waals surface area contributed by atoms with Crippen LogP contribution in [0.1, 0.15) is 22.7 Å². The lowest BCUT2D eigenvalue weighted by molar-refractivity contribution is 0.174. The number of rotatable bonds is 1. The smallest absolute Gasteiger partial charge is 0.231 e. The SMILES string of the molecule is COc1cc(O)c2c(c1)C[C@H]1NCCc3cc4c(c-2c31)OCO4. The third-order valence-electron chi connectivity index (χ3n) is 5.01. The summed E-state index contributed by atoms with van der Waals surface area (Å²) in [5, 5.41) is 14.2. The summed E-state index contributed by atoms with van der Waals surface area (Å²) in [5.74, 6) is 2.43. The molecular formula is C18H17NO4. The van der Waals surface area contributed by atoms with E-state index in [0.29, 0.717) is 5.75 Å². The quantitative estimate of drug-likeness (QED) is 0.847. The van der Waals surface area contributed by atoms with Crippen LogP contribution in [0.4, 0.5) is 0 Å². The summed E-state index contributed by atoms with van der Waals surface area (Å²) in [6.45, 7) is 1.18. The molecule has 0 saturated carbocycles. The Morgan fingerprint density at radius 3 is 2.96 bits per heavy atom. The van der Waals surface area contributed by atoms with Crippen molar-refractivity contribution < 1.29 is 19.3 Å². The summed E-state index contributed by atoms with van der Waals surface area (Å²) in [5.41, 5.74) is 5.43. The van der Waals surface area contributed by atoms with Gasteiger partial charge in [0.25, 0.3) is 0 Å². The van der Waals surface area contributed by atoms with Crippen molar-refractivity contribution in [3.05, 3.63) is 34.9 Å². The molecule has 0 radical (unpaired) electrons. The zero-order chi connectivity index (χ0) is 15.6. The van der Waals surface area contributed by atoms with E-state index in [1.165, 1.54) is 11.1 Å². The standard InChI is InChI=1S/C18H17NO4/c1-21-11-4-10-5-12-15-9(2-3-19-12)6-14-18(23-8-22-14)17(15)16(10)13(20)7-11/h4,6-7,12,19-20H,2-3,5,8H2,1H3/t12-/m1/s1. The summed E-state index contributed by atoms with van der Waals surface area (Å²) in [6.07, 6.45) is 1.79. The van der Waals surface area contributed by atoms with Crippen LogP contribution in [-0.4, -0.2) is 25.6 Å². The highest BCUT2D eigenvalue weighted by atomic mass is 16.7. The van der Waals surface area contributed by atoms with Gasteiger partial charge in [0.15, 0.2) is 11.5 Å². The summed E-state index contributed by atoms with van der Waals surface area (Å²) >= 11 is 0. The lowest BCUT2D eigenvalue weighted by Gasteiger charge is -2.35. The predicted molar refractivity (Wildman–Crippen MR) is 84.4 cm³/mol. The summed E-state index contributed by atoms with van der Waals surface area (Å²) in [4.78, 5) is 0. The van der Waals surface area contributed by atoms with Crippen molar-refractivity contribution in [1.29, 1.82) is 0 Å². The minimum atomic E-state index is 0.231. The van der Waals surface area contributed by atoms with Crippen LogP contribution in [0.5, 0.6) is 23.0 Å². The number of ether oxygens (including phenoxy) is 3. The van der Waals surface area contributed by atoms with Crippen LogP contribution < -0.4 is 19.5 Å². The summed E-state index contributed by atoms with van der Waals surface area (Å²) in [7, 11) is 1.61. The van der Waals surface area contributed by atoms with E-state index in [2.05, 4.69) is 11.4 Å². The number of fused-ring (bicyclic) bond motifs is 4. The molecule has 1 atom stereocenters. The summed E-state index contributed by atoms with van der Waals surface area (Å²) in [6, 6.07) is 6.00. The first-order valence-corrected chi connectivity index (χ1v) is 7.85. The van der Waals surface area contributed by atoms with Crippen LogP contribution >= 0.6 is 0 Å². The molecule has 0 spiro atoms. The molecule has 118 valence electrons. The molecule has 2 aromatic rings. The van der Waals surface area contributed by atoms with Gasteiger partial charge in [-0.05, 0) is 48.2 Å². The van der Waals surface area contributed by atoms with E-state index in [1.807, 2.05) is 6.07 Å². The van der Waals surface area contributed by atoms with Gasteiger partial charge >= 0.3 is 0 Å². The molecular weight excluding hydrogens is 294 g/mol. The van der Waals surface area contributed by atoms with E-state index >= 15 is 0 Å². The van der Waals surface area contributed by atoms with Crippen LogP contribution in [0.25, 0.3) is 11.1 Å². The maximum Gasteiger partial charge on any atom is 0.231 e. The highest BCUT2D eigenvalue weighted by molar-refractivity contribution is 5.87. The maximum atomic E-state index is 10.6. The Hall–Kier alpha value is -2.40. The monoisotopic (exact) mass is 311 g/mol. The number of aromatic hydroxyl groups is 1. The fourth-order valence-corrected chi connectivity index (χ4v) is 4.06. The first-order valence-electron chi connectivity index (χ1n) is 7.85. The molecule has 0 bridgehead atoms. The second-order valence-corrected chi connectivity index (χ2v) is 6.20. The van der Waals surface area contributed by atoms with Crippen LogP contribution in [0.15, 0.2) is 18.2 Å². The fraction of sp³-hybridized carbons (Fsp3) is 0.333. The Morgan fingerprint density at radius 2 is 2.09 bits per heavy atom. The Labute approximate surface area is 133 Å². The number of benzene rings is 2. The van der Waals surface area contributed by atoms with Gasteiger partial charge in [-0.2, -0.15) is 0 Å². The third-order valence-corrected chi connectivity index (χ3v) is 5.01. The molecule has 2 aromatic carbocycles. The van der Waals surface area contributed by atoms with Crippen molar-refractivity contribution in [2.24, 2.45) is 0 Å². The van der Waals surface area contributed by atoms with Gasteiger partial charge in [-0.25, -0.2) is 0 Å². The average molecular weight is 311 g/mol. The molecule has 2 aliphatic heterocycles. The Kier molecular flexibility index (Phi) is 2.59. The molecule has 0 amide bonds. The molecule has 3 aliphatic rings. The molecule has 0 aromatic heterocycles. The minimum Gasteiger partial charge on any atom is -0.507 e. The molecule has 5 nitrogen and oxygen atoms in total. The highest BCUT2D eigenvalue weighted by Gasteiger charge is 2.36. The Bertz CT molecular complexity index is 831. The van der Waals surface area contributed by atoms with Gasteiger partial charge < -0.3 is 24.6 Å². The zero-order valence-electron chi connectivity index (χ0n) is 12.8. The third kappa shape index (κ3) is 1.71. The van der Waals surface area contributed by atoms with Crippen LogP contribution in [0, 0.1) is 0 Å². The van der Waals surface area contributed by atoms with Crippen molar-refractivity contribution in [3.63, 3.8) is 0 Å².